The Kier molecular flexibility index (Phi) is 7.88. The second-order valence-corrected chi connectivity index (χ2v) is 9.31. The number of nitrogens with one attached hydrogen (secondary N) is 1. The zero-order valence-corrected chi connectivity index (χ0v) is 21.1. The summed E-state index contributed by atoms with van der Waals surface area (Å²) in [5.41, 5.74) is 8.30. The SMILES string of the molecule is CN1CCN(c2ccc(CCCNc3ccc([N+](=O)[O-])c(N)n3)nc2-c2ccc(Cl)cc2Cl)C(=O)C1. The first-order chi connectivity index (χ1) is 17.2. The number of nitro groups is 1. The lowest BCUT2D eigenvalue weighted by molar-refractivity contribution is -0.384. The van der Waals surface area contributed by atoms with Crippen LogP contribution in [0.2, 0.25) is 10.0 Å². The van der Waals surface area contributed by atoms with Gasteiger partial charge in [-0.1, -0.05) is 23.2 Å². The monoisotopic (exact) mass is 529 g/mol. The molecular formula is C24H25Cl2N7O3. The number of aryl methyl sites for hydroxylation is 1. The highest BCUT2D eigenvalue weighted by Gasteiger charge is 2.26. The number of hydrogen-bond donors (Lipinski definition) is 2. The van der Waals surface area contributed by atoms with E-state index >= 15 is 0 Å². The van der Waals surface area contributed by atoms with Crippen LogP contribution >= 0.6 is 23.2 Å². The molecule has 12 heteroatoms. The Labute approximate surface area is 218 Å². The summed E-state index contributed by atoms with van der Waals surface area (Å²) in [6.45, 7) is 2.21. The van der Waals surface area contributed by atoms with Crippen LogP contribution in [0.15, 0.2) is 42.5 Å². The standard InChI is InChI=1S/C24H25Cl2N7O3/c1-31-11-12-32(22(34)14-31)19-7-5-16(29-23(19)17-6-4-15(25)13-18(17)26)3-2-10-28-21-9-8-20(33(35)36)24(27)30-21/h4-9,13H,2-3,10-12,14H2,1H3,(H3,27,28,30). The molecule has 0 unspecified atom stereocenters. The molecule has 0 aliphatic carbocycles. The number of pyridine rings is 2. The molecule has 2 aromatic heterocycles. The summed E-state index contributed by atoms with van der Waals surface area (Å²) in [4.78, 5) is 35.8. The maximum Gasteiger partial charge on any atom is 0.311 e. The van der Waals surface area contributed by atoms with Crippen LogP contribution in [0.5, 0.6) is 0 Å². The quantitative estimate of drug-likeness (QED) is 0.251. The van der Waals surface area contributed by atoms with Gasteiger partial charge in [0.05, 0.1) is 27.9 Å². The van der Waals surface area contributed by atoms with Crippen LogP contribution in [-0.4, -0.2) is 58.9 Å². The van der Waals surface area contributed by atoms with Crippen LogP contribution in [0.25, 0.3) is 11.3 Å². The van der Waals surface area contributed by atoms with Gasteiger partial charge in [-0.25, -0.2) is 4.98 Å². The number of likely N-dealkylation sites (N-methyl/N-ethyl adjacent to an activating group) is 1. The molecule has 1 saturated heterocycles. The van der Waals surface area contributed by atoms with Gasteiger partial charge in [-0.2, -0.15) is 0 Å². The normalized spacial score (nSPS) is 14.2. The number of benzene rings is 1. The second kappa shape index (κ2) is 11.1. The Balaban J connectivity index is 1.51. The van der Waals surface area contributed by atoms with Crippen molar-refractivity contribution >= 4 is 52.1 Å². The fourth-order valence-corrected chi connectivity index (χ4v) is 4.48. The predicted octanol–water partition coefficient (Wildman–Crippen LogP) is 4.26. The molecule has 3 N–H and O–H groups in total. The van der Waals surface area contributed by atoms with Gasteiger partial charge in [-0.15, -0.1) is 0 Å². The van der Waals surface area contributed by atoms with Crippen molar-refractivity contribution in [2.45, 2.75) is 12.8 Å². The van der Waals surface area contributed by atoms with Gasteiger partial charge < -0.3 is 16.0 Å². The van der Waals surface area contributed by atoms with Gasteiger partial charge in [0, 0.05) is 42.0 Å². The fraction of sp³-hybridized carbons (Fsp3) is 0.292. The fourth-order valence-electron chi connectivity index (χ4n) is 3.98. The molecule has 3 heterocycles. The molecule has 0 radical (unpaired) electrons. The number of rotatable bonds is 8. The third-order valence-electron chi connectivity index (χ3n) is 5.84. The van der Waals surface area contributed by atoms with Gasteiger partial charge >= 0.3 is 5.69 Å². The molecule has 0 saturated carbocycles. The van der Waals surface area contributed by atoms with Crippen LogP contribution in [0, 0.1) is 10.1 Å². The predicted molar refractivity (Wildman–Crippen MR) is 142 cm³/mol. The summed E-state index contributed by atoms with van der Waals surface area (Å²) < 4.78 is 0. The topological polar surface area (TPSA) is 131 Å². The Morgan fingerprint density at radius 2 is 1.94 bits per heavy atom. The minimum Gasteiger partial charge on any atom is -0.378 e. The Morgan fingerprint density at radius 1 is 1.14 bits per heavy atom. The van der Waals surface area contributed by atoms with Gasteiger partial charge in [-0.3, -0.25) is 24.8 Å². The lowest BCUT2D eigenvalue weighted by Gasteiger charge is -2.33. The summed E-state index contributed by atoms with van der Waals surface area (Å²) in [5, 5.41) is 15.0. The number of piperazine rings is 1. The third kappa shape index (κ3) is 5.84. The van der Waals surface area contributed by atoms with E-state index in [9.17, 15) is 14.9 Å². The Bertz CT molecular complexity index is 1300. The van der Waals surface area contributed by atoms with Crippen molar-refractivity contribution in [3.8, 4) is 11.3 Å². The van der Waals surface area contributed by atoms with E-state index in [-0.39, 0.29) is 17.4 Å². The molecule has 188 valence electrons. The van der Waals surface area contributed by atoms with Crippen molar-refractivity contribution in [1.29, 1.82) is 0 Å². The highest BCUT2D eigenvalue weighted by atomic mass is 35.5. The molecular weight excluding hydrogens is 505 g/mol. The Hall–Kier alpha value is -3.47. The maximum atomic E-state index is 12.8. The minimum absolute atomic E-state index is 0.00343. The number of carbonyl (C=O) groups is 1. The first-order valence-electron chi connectivity index (χ1n) is 11.3. The van der Waals surface area contributed by atoms with Crippen molar-refractivity contribution in [3.63, 3.8) is 0 Å². The highest BCUT2D eigenvalue weighted by Crippen LogP contribution is 2.36. The molecule has 1 fully saturated rings. The van der Waals surface area contributed by atoms with Crippen LogP contribution in [0.4, 0.5) is 23.0 Å². The van der Waals surface area contributed by atoms with Gasteiger partial charge in [-0.05, 0) is 56.3 Å². The average Bonchev–Trinajstić information content (AvgIpc) is 2.82. The first kappa shape index (κ1) is 25.6. The summed E-state index contributed by atoms with van der Waals surface area (Å²) in [7, 11) is 1.92. The zero-order valence-electron chi connectivity index (χ0n) is 19.6. The number of nitrogen functional groups attached to an aromatic ring is 1. The lowest BCUT2D eigenvalue weighted by atomic mass is 10.1. The molecule has 1 amide bonds. The van der Waals surface area contributed by atoms with E-state index in [2.05, 4.69) is 10.3 Å². The number of anilines is 3. The number of carbonyl (C=O) groups excluding carboxylic acids is 1. The first-order valence-corrected chi connectivity index (χ1v) is 12.1. The summed E-state index contributed by atoms with van der Waals surface area (Å²) in [5.74, 6) is 0.331. The molecule has 36 heavy (non-hydrogen) atoms. The smallest absolute Gasteiger partial charge is 0.311 e. The number of aromatic nitrogens is 2. The number of amides is 1. The van der Waals surface area contributed by atoms with E-state index < -0.39 is 4.92 Å². The zero-order chi connectivity index (χ0) is 25.8. The van der Waals surface area contributed by atoms with Crippen molar-refractivity contribution in [1.82, 2.24) is 14.9 Å². The van der Waals surface area contributed by atoms with Gasteiger partial charge in [0.1, 0.15) is 5.82 Å². The van der Waals surface area contributed by atoms with Crippen molar-refractivity contribution in [3.05, 3.63) is 68.3 Å². The van der Waals surface area contributed by atoms with Crippen molar-refractivity contribution in [2.75, 3.05) is 49.2 Å². The van der Waals surface area contributed by atoms with Gasteiger partial charge in [0.2, 0.25) is 11.7 Å². The van der Waals surface area contributed by atoms with Gasteiger partial charge in [0.25, 0.3) is 0 Å². The van der Waals surface area contributed by atoms with Crippen LogP contribution in [0.3, 0.4) is 0 Å². The number of hydrogen-bond acceptors (Lipinski definition) is 8. The summed E-state index contributed by atoms with van der Waals surface area (Å²) in [6.07, 6.45) is 1.36. The summed E-state index contributed by atoms with van der Waals surface area (Å²) in [6, 6.07) is 11.9. The molecule has 1 aliphatic rings. The highest BCUT2D eigenvalue weighted by molar-refractivity contribution is 6.36. The molecule has 0 spiro atoms. The molecule has 0 bridgehead atoms. The van der Waals surface area contributed by atoms with E-state index in [0.29, 0.717) is 65.3 Å². The van der Waals surface area contributed by atoms with E-state index in [1.165, 1.54) is 12.1 Å². The van der Waals surface area contributed by atoms with E-state index in [1.807, 2.05) is 30.1 Å². The van der Waals surface area contributed by atoms with Crippen molar-refractivity contribution < 1.29 is 9.72 Å². The number of nitrogens with zero attached hydrogens (tertiary/aromatic N) is 5. The number of halogens is 2. The third-order valence-corrected chi connectivity index (χ3v) is 6.38. The summed E-state index contributed by atoms with van der Waals surface area (Å²) >= 11 is 12.6. The molecule has 3 aromatic rings. The second-order valence-electron chi connectivity index (χ2n) is 8.47. The van der Waals surface area contributed by atoms with Crippen LogP contribution in [0.1, 0.15) is 12.1 Å². The Morgan fingerprint density at radius 3 is 2.64 bits per heavy atom. The maximum absolute atomic E-state index is 12.8. The van der Waals surface area contributed by atoms with Crippen molar-refractivity contribution in [2.24, 2.45) is 0 Å². The number of nitrogens with two attached hydrogens (primary N) is 1. The molecule has 10 nitrogen and oxygen atoms in total. The molecule has 4 rings (SSSR count). The molecule has 0 atom stereocenters. The molecule has 1 aromatic carbocycles. The minimum atomic E-state index is -0.568. The van der Waals surface area contributed by atoms with Crippen LogP contribution < -0.4 is 16.0 Å². The van der Waals surface area contributed by atoms with E-state index in [4.69, 9.17) is 33.9 Å². The largest absolute Gasteiger partial charge is 0.378 e. The van der Waals surface area contributed by atoms with E-state index in [0.717, 1.165) is 12.2 Å². The lowest BCUT2D eigenvalue weighted by Crippen LogP contribution is -2.49. The average molecular weight is 530 g/mol. The van der Waals surface area contributed by atoms with Crippen LogP contribution in [-0.2, 0) is 11.2 Å². The molecule has 1 aliphatic heterocycles. The van der Waals surface area contributed by atoms with Gasteiger partial charge in [0.15, 0.2) is 0 Å². The van der Waals surface area contributed by atoms with E-state index in [1.54, 1.807) is 17.0 Å².